The Balaban J connectivity index is 2.35. The molecule has 3 nitrogen and oxygen atoms in total. The van der Waals surface area contributed by atoms with Gasteiger partial charge < -0.3 is 10.4 Å². The lowest BCUT2D eigenvalue weighted by Crippen LogP contribution is -2.39. The van der Waals surface area contributed by atoms with E-state index in [9.17, 15) is 9.18 Å². The third-order valence-electron chi connectivity index (χ3n) is 3.03. The van der Waals surface area contributed by atoms with Gasteiger partial charge in [0.15, 0.2) is 0 Å². The molecule has 1 aliphatic carbocycles. The maximum Gasteiger partial charge on any atom is 0.404 e. The minimum atomic E-state index is -1.13. The number of carboxylic acid groups (broad SMARTS) is 1. The normalized spacial score (nSPS) is 28.5. The van der Waals surface area contributed by atoms with Crippen LogP contribution in [-0.2, 0) is 0 Å². The van der Waals surface area contributed by atoms with Crippen molar-refractivity contribution in [1.29, 1.82) is 0 Å². The Hall–Kier alpha value is -0.800. The Bertz CT molecular complexity index is 205. The topological polar surface area (TPSA) is 49.3 Å². The standard InChI is InChI=1S/C10H18FNO2/c1-10(2,11)7-3-5-8(6-4-7)12-9(13)14/h7-8,12H,3-6H2,1-2H3,(H,13,14)/t7-,8-. The Morgan fingerprint density at radius 1 is 1.36 bits per heavy atom. The predicted molar refractivity (Wildman–Crippen MR) is 52.1 cm³/mol. The van der Waals surface area contributed by atoms with Crippen molar-refractivity contribution < 1.29 is 14.3 Å². The molecule has 0 aliphatic heterocycles. The van der Waals surface area contributed by atoms with Crippen LogP contribution in [0.25, 0.3) is 0 Å². The second-order valence-corrected chi connectivity index (χ2v) is 4.56. The van der Waals surface area contributed by atoms with Gasteiger partial charge in [-0.2, -0.15) is 0 Å². The van der Waals surface area contributed by atoms with Gasteiger partial charge in [-0.25, -0.2) is 9.18 Å². The van der Waals surface area contributed by atoms with E-state index in [1.807, 2.05) is 0 Å². The zero-order valence-corrected chi connectivity index (χ0v) is 8.72. The fourth-order valence-corrected chi connectivity index (χ4v) is 2.10. The number of hydrogen-bond acceptors (Lipinski definition) is 1. The van der Waals surface area contributed by atoms with Crippen LogP contribution >= 0.6 is 0 Å². The molecule has 0 saturated heterocycles. The van der Waals surface area contributed by atoms with E-state index < -0.39 is 11.8 Å². The first kappa shape index (κ1) is 11.3. The first-order chi connectivity index (χ1) is 6.39. The Morgan fingerprint density at radius 2 is 1.86 bits per heavy atom. The number of hydrogen-bond donors (Lipinski definition) is 2. The number of amides is 1. The molecule has 0 radical (unpaired) electrons. The quantitative estimate of drug-likeness (QED) is 0.724. The van der Waals surface area contributed by atoms with Crippen molar-refractivity contribution in [2.75, 3.05) is 0 Å². The van der Waals surface area contributed by atoms with Crippen molar-refractivity contribution in [2.24, 2.45) is 5.92 Å². The van der Waals surface area contributed by atoms with Crippen molar-refractivity contribution in [1.82, 2.24) is 5.32 Å². The van der Waals surface area contributed by atoms with E-state index in [0.29, 0.717) is 0 Å². The van der Waals surface area contributed by atoms with Crippen LogP contribution in [0, 0.1) is 5.92 Å². The smallest absolute Gasteiger partial charge is 0.404 e. The van der Waals surface area contributed by atoms with Gasteiger partial charge in [0, 0.05) is 6.04 Å². The van der Waals surface area contributed by atoms with Gasteiger partial charge in [-0.1, -0.05) is 0 Å². The monoisotopic (exact) mass is 203 g/mol. The van der Waals surface area contributed by atoms with Crippen molar-refractivity contribution >= 4 is 6.09 Å². The Labute approximate surface area is 83.7 Å². The summed E-state index contributed by atoms with van der Waals surface area (Å²) in [4.78, 5) is 10.4. The molecule has 0 heterocycles. The highest BCUT2D eigenvalue weighted by molar-refractivity contribution is 5.64. The molecule has 0 aromatic rings. The van der Waals surface area contributed by atoms with Crippen LogP contribution in [0.5, 0.6) is 0 Å². The van der Waals surface area contributed by atoms with E-state index in [4.69, 9.17) is 5.11 Å². The van der Waals surface area contributed by atoms with Crippen LogP contribution in [0.15, 0.2) is 0 Å². The maximum atomic E-state index is 13.5. The molecule has 1 aliphatic rings. The molecular formula is C10H18FNO2. The number of carbonyl (C=O) groups is 1. The molecule has 0 spiro atoms. The second-order valence-electron chi connectivity index (χ2n) is 4.56. The molecule has 14 heavy (non-hydrogen) atoms. The summed E-state index contributed by atoms with van der Waals surface area (Å²) in [6.07, 6.45) is 2.07. The zero-order valence-electron chi connectivity index (χ0n) is 8.72. The number of rotatable bonds is 2. The molecule has 0 atom stereocenters. The van der Waals surface area contributed by atoms with Gasteiger partial charge in [-0.05, 0) is 45.4 Å². The van der Waals surface area contributed by atoms with Gasteiger partial charge in [0.05, 0.1) is 0 Å². The van der Waals surface area contributed by atoms with Crippen LogP contribution < -0.4 is 5.32 Å². The molecular weight excluding hydrogens is 185 g/mol. The lowest BCUT2D eigenvalue weighted by atomic mass is 9.78. The van der Waals surface area contributed by atoms with E-state index in [-0.39, 0.29) is 12.0 Å². The average Bonchev–Trinajstić information content (AvgIpc) is 2.02. The van der Waals surface area contributed by atoms with Crippen LogP contribution in [0.4, 0.5) is 9.18 Å². The van der Waals surface area contributed by atoms with E-state index in [2.05, 4.69) is 5.32 Å². The van der Waals surface area contributed by atoms with E-state index in [1.54, 1.807) is 13.8 Å². The summed E-state index contributed by atoms with van der Waals surface area (Å²) in [7, 11) is 0. The highest BCUT2D eigenvalue weighted by Gasteiger charge is 2.33. The molecule has 0 aromatic carbocycles. The maximum absolute atomic E-state index is 13.5. The van der Waals surface area contributed by atoms with Crippen molar-refractivity contribution in [3.63, 3.8) is 0 Å². The summed E-state index contributed by atoms with van der Waals surface area (Å²) < 4.78 is 13.5. The molecule has 82 valence electrons. The second kappa shape index (κ2) is 4.15. The lowest BCUT2D eigenvalue weighted by Gasteiger charge is -2.34. The molecule has 0 bridgehead atoms. The summed E-state index contributed by atoms with van der Waals surface area (Å²) in [5.41, 5.74) is -1.13. The largest absolute Gasteiger partial charge is 0.465 e. The predicted octanol–water partition coefficient (Wildman–Crippen LogP) is 2.56. The van der Waals surface area contributed by atoms with Gasteiger partial charge in [-0.3, -0.25) is 0 Å². The van der Waals surface area contributed by atoms with Crippen molar-refractivity contribution in [2.45, 2.75) is 51.2 Å². The zero-order chi connectivity index (χ0) is 10.8. The van der Waals surface area contributed by atoms with E-state index in [1.165, 1.54) is 0 Å². The number of nitrogens with one attached hydrogen (secondary N) is 1. The van der Waals surface area contributed by atoms with Gasteiger partial charge in [0.25, 0.3) is 0 Å². The number of halogens is 1. The minimum Gasteiger partial charge on any atom is -0.465 e. The fourth-order valence-electron chi connectivity index (χ4n) is 2.10. The third-order valence-corrected chi connectivity index (χ3v) is 3.03. The summed E-state index contributed by atoms with van der Waals surface area (Å²) in [5.74, 6) is 0.0781. The average molecular weight is 203 g/mol. The van der Waals surface area contributed by atoms with Crippen molar-refractivity contribution in [3.05, 3.63) is 0 Å². The van der Waals surface area contributed by atoms with E-state index in [0.717, 1.165) is 25.7 Å². The first-order valence-corrected chi connectivity index (χ1v) is 5.08. The molecule has 1 saturated carbocycles. The Morgan fingerprint density at radius 3 is 2.21 bits per heavy atom. The fraction of sp³-hybridized carbons (Fsp3) is 0.900. The summed E-state index contributed by atoms with van der Waals surface area (Å²) in [6, 6.07) is 0.0195. The molecule has 1 fully saturated rings. The third kappa shape index (κ3) is 3.16. The number of alkyl halides is 1. The van der Waals surface area contributed by atoms with Gasteiger partial charge >= 0.3 is 6.09 Å². The molecule has 2 N–H and O–H groups in total. The van der Waals surface area contributed by atoms with Gasteiger partial charge in [0.2, 0.25) is 0 Å². The van der Waals surface area contributed by atoms with Crippen molar-refractivity contribution in [3.8, 4) is 0 Å². The van der Waals surface area contributed by atoms with Crippen LogP contribution in [0.1, 0.15) is 39.5 Å². The highest BCUT2D eigenvalue weighted by atomic mass is 19.1. The minimum absolute atomic E-state index is 0.0195. The summed E-state index contributed by atoms with van der Waals surface area (Å²) >= 11 is 0. The Kier molecular flexibility index (Phi) is 3.34. The lowest BCUT2D eigenvalue weighted by molar-refractivity contribution is 0.0855. The summed E-state index contributed by atoms with van der Waals surface area (Å²) in [5, 5.41) is 11.0. The SMILES string of the molecule is CC(C)(F)[C@H]1CC[C@H](NC(=O)O)CC1. The van der Waals surface area contributed by atoms with Gasteiger partial charge in [0.1, 0.15) is 5.67 Å². The van der Waals surface area contributed by atoms with Crippen LogP contribution in [0.3, 0.4) is 0 Å². The molecule has 0 unspecified atom stereocenters. The molecule has 1 rings (SSSR count). The summed E-state index contributed by atoms with van der Waals surface area (Å²) in [6.45, 7) is 3.20. The van der Waals surface area contributed by atoms with Crippen LogP contribution in [0.2, 0.25) is 0 Å². The van der Waals surface area contributed by atoms with E-state index >= 15 is 0 Å². The highest BCUT2D eigenvalue weighted by Crippen LogP contribution is 2.34. The van der Waals surface area contributed by atoms with Crippen LogP contribution in [-0.4, -0.2) is 22.9 Å². The first-order valence-electron chi connectivity index (χ1n) is 5.08. The molecule has 4 heteroatoms. The van der Waals surface area contributed by atoms with Gasteiger partial charge in [-0.15, -0.1) is 0 Å². The molecule has 0 aromatic heterocycles. The molecule has 1 amide bonds.